The van der Waals surface area contributed by atoms with Crippen LogP contribution >= 0.6 is 0 Å². The Kier molecular flexibility index (Phi) is 5.53. The molecule has 5 heteroatoms. The van der Waals surface area contributed by atoms with Crippen LogP contribution in [-0.4, -0.2) is 52.1 Å². The van der Waals surface area contributed by atoms with Gasteiger partial charge in [0.2, 0.25) is 0 Å². The van der Waals surface area contributed by atoms with E-state index in [-0.39, 0.29) is 30.7 Å². The van der Waals surface area contributed by atoms with Crippen molar-refractivity contribution in [2.24, 2.45) is 0 Å². The minimum atomic E-state index is -0.214. The van der Waals surface area contributed by atoms with Crippen LogP contribution < -0.4 is 9.78 Å². The predicted molar refractivity (Wildman–Crippen MR) is 130 cm³/mol. The number of benzene rings is 2. The molecule has 0 saturated carbocycles. The predicted octanol–water partition coefficient (Wildman–Crippen LogP) is 4.04. The van der Waals surface area contributed by atoms with E-state index in [9.17, 15) is 4.79 Å². The van der Waals surface area contributed by atoms with Crippen molar-refractivity contribution in [3.8, 4) is 0 Å². The molecule has 1 saturated heterocycles. The number of nitrogens with zero attached hydrogens (tertiary/aromatic N) is 1. The number of hydrogen-bond acceptors (Lipinski definition) is 4. The normalized spacial score (nSPS) is 28.5. The van der Waals surface area contributed by atoms with Gasteiger partial charge in [-0.05, 0) is 0 Å². The van der Waals surface area contributed by atoms with Crippen molar-refractivity contribution in [2.45, 2.75) is 42.0 Å². The number of para-hydroxylation sites is 1. The van der Waals surface area contributed by atoms with Crippen molar-refractivity contribution in [2.75, 3.05) is 25.5 Å². The maximum absolute atomic E-state index is 13.2. The van der Waals surface area contributed by atoms with Gasteiger partial charge in [0.15, 0.2) is 0 Å². The summed E-state index contributed by atoms with van der Waals surface area (Å²) < 4.78 is 6.70. The molecular weight excluding hydrogens is 463 g/mol. The van der Waals surface area contributed by atoms with Crippen molar-refractivity contribution in [3.63, 3.8) is 0 Å². The Morgan fingerprint density at radius 3 is 2.72 bits per heavy atom. The van der Waals surface area contributed by atoms with E-state index in [1.807, 2.05) is 6.08 Å². The summed E-state index contributed by atoms with van der Waals surface area (Å²) >= 11 is 0.187. The van der Waals surface area contributed by atoms with E-state index in [4.69, 9.17) is 4.74 Å². The first-order chi connectivity index (χ1) is 15.6. The van der Waals surface area contributed by atoms with E-state index in [1.54, 1.807) is 0 Å². The maximum atomic E-state index is 13.2. The molecule has 0 amide bonds. The number of carbonyl (C=O) groups is 1. The second-order valence-electron chi connectivity index (χ2n) is 8.93. The zero-order chi connectivity index (χ0) is 22.3. The summed E-state index contributed by atoms with van der Waals surface area (Å²) in [5.41, 5.74) is 4.16. The third-order valence-electron chi connectivity index (χ3n) is 7.47. The number of esters is 1. The first-order valence-corrected chi connectivity index (χ1v) is 13.1. The van der Waals surface area contributed by atoms with Gasteiger partial charge in [0.1, 0.15) is 0 Å². The molecule has 0 bridgehead atoms. The van der Waals surface area contributed by atoms with Gasteiger partial charge in [0, 0.05) is 0 Å². The van der Waals surface area contributed by atoms with Gasteiger partial charge in [-0.1, -0.05) is 0 Å². The Hall–Kier alpha value is -2.33. The fourth-order valence-electron chi connectivity index (χ4n) is 6.28. The van der Waals surface area contributed by atoms with Gasteiger partial charge < -0.3 is 0 Å². The molecule has 5 rings (SSSR count). The number of hydrogen-bond donors (Lipinski definition) is 1. The van der Waals surface area contributed by atoms with E-state index < -0.39 is 0 Å². The zero-order valence-corrected chi connectivity index (χ0v) is 20.5. The molecule has 1 spiro atoms. The molecule has 32 heavy (non-hydrogen) atoms. The van der Waals surface area contributed by atoms with Crippen LogP contribution in [0.4, 0.5) is 5.69 Å². The topological polar surface area (TPSA) is 41.6 Å². The number of nitrogens with one attached hydrogen (secondary N) is 1. The van der Waals surface area contributed by atoms with Crippen LogP contribution in [0.25, 0.3) is 0 Å². The monoisotopic (exact) mass is 494 g/mol. The molecule has 4 nitrogen and oxygen atoms in total. The van der Waals surface area contributed by atoms with Gasteiger partial charge >= 0.3 is 197 Å². The van der Waals surface area contributed by atoms with Gasteiger partial charge in [-0.3, -0.25) is 0 Å². The van der Waals surface area contributed by atoms with Crippen molar-refractivity contribution in [3.05, 3.63) is 84.1 Å². The third kappa shape index (κ3) is 3.02. The summed E-state index contributed by atoms with van der Waals surface area (Å²) in [6.07, 6.45) is 4.78. The first kappa shape index (κ1) is 21.5. The number of carbonyl (C=O) groups excluding carboxylic acids is 1. The summed E-state index contributed by atoms with van der Waals surface area (Å²) in [6.45, 7) is 8.23. The number of likely N-dealkylation sites (tertiary alicyclic amines) is 1. The van der Waals surface area contributed by atoms with E-state index in [0.29, 0.717) is 6.04 Å². The molecule has 1 N–H and O–H groups in total. The van der Waals surface area contributed by atoms with Crippen LogP contribution in [0, 0.1) is 0 Å². The van der Waals surface area contributed by atoms with Gasteiger partial charge in [0.05, 0.1) is 0 Å². The Morgan fingerprint density at radius 2 is 2.00 bits per heavy atom. The second-order valence-corrected chi connectivity index (χ2v) is 12.1. The van der Waals surface area contributed by atoms with Crippen LogP contribution in [0.3, 0.4) is 0 Å². The van der Waals surface area contributed by atoms with Crippen molar-refractivity contribution >= 4 is 31.1 Å². The Bertz CT molecular complexity index is 1080. The average molecular weight is 494 g/mol. The van der Waals surface area contributed by atoms with Gasteiger partial charge in [0.25, 0.3) is 0 Å². The standard InChI is InChI=1S/C27H30N2O2Se/c1-4-16-29-17-15-27-21-13-9-10-14-22(21)28-23(27)20(24(30)31-3)18-26(5-2,25(27)29)32-19-11-7-6-8-12-19/h4,6-14,25,28H,1,5,15-18H2,2-3H3/t25-,26+,27-/m0/s1. The average Bonchev–Trinajstić information content (AvgIpc) is 3.38. The number of anilines is 1. The molecule has 3 aliphatic rings. The first-order valence-electron chi connectivity index (χ1n) is 11.4. The van der Waals surface area contributed by atoms with Crippen molar-refractivity contribution in [1.29, 1.82) is 0 Å². The Balaban J connectivity index is 1.77. The number of fused-ring (bicyclic) bond motifs is 1. The van der Waals surface area contributed by atoms with Crippen LogP contribution in [-0.2, 0) is 14.9 Å². The summed E-state index contributed by atoms with van der Waals surface area (Å²) in [4.78, 5) is 15.8. The number of ether oxygens (including phenoxy) is 1. The Labute approximate surface area is 196 Å². The molecule has 2 aromatic carbocycles. The Morgan fingerprint density at radius 1 is 1.25 bits per heavy atom. The molecule has 2 aliphatic heterocycles. The molecule has 0 unspecified atom stereocenters. The van der Waals surface area contributed by atoms with Gasteiger partial charge in [-0.15, -0.1) is 0 Å². The van der Waals surface area contributed by atoms with Gasteiger partial charge in [-0.2, -0.15) is 0 Å². The van der Waals surface area contributed by atoms with Crippen LogP contribution in [0.15, 0.2) is 78.5 Å². The quantitative estimate of drug-likeness (QED) is 0.375. The van der Waals surface area contributed by atoms with E-state index >= 15 is 0 Å². The minimum absolute atomic E-state index is 0.0278. The molecule has 1 aliphatic carbocycles. The third-order valence-corrected chi connectivity index (χ3v) is 10.8. The van der Waals surface area contributed by atoms with Crippen molar-refractivity contribution in [1.82, 2.24) is 4.90 Å². The fraction of sp³-hybridized carbons (Fsp3) is 0.370. The summed E-state index contributed by atoms with van der Waals surface area (Å²) in [6, 6.07) is 19.7. The number of rotatable bonds is 6. The zero-order valence-electron chi connectivity index (χ0n) is 18.8. The summed E-state index contributed by atoms with van der Waals surface area (Å²) in [5, 5.41) is 3.69. The molecule has 3 atom stereocenters. The fourth-order valence-corrected chi connectivity index (χ4v) is 9.61. The number of methoxy groups -OCH3 is 1. The molecule has 166 valence electrons. The molecule has 2 heterocycles. The van der Waals surface area contributed by atoms with Gasteiger partial charge in [-0.25, -0.2) is 0 Å². The SMILES string of the molecule is C=CCN1CC[C@]23C(=C(C(=O)OC)C[C@@](CC)([Se]c4ccccc4)[C@H]12)Nc1ccccc13. The van der Waals surface area contributed by atoms with Crippen LogP contribution in [0.5, 0.6) is 0 Å². The molecular formula is C27H30N2O2Se. The van der Waals surface area contributed by atoms with Crippen LogP contribution in [0.2, 0.25) is 4.31 Å². The molecule has 2 aromatic rings. The molecule has 0 radical (unpaired) electrons. The molecule has 1 fully saturated rings. The van der Waals surface area contributed by atoms with E-state index in [2.05, 4.69) is 78.3 Å². The van der Waals surface area contributed by atoms with Crippen molar-refractivity contribution < 1.29 is 9.53 Å². The summed E-state index contributed by atoms with van der Waals surface area (Å²) in [5.74, 6) is -0.193. The van der Waals surface area contributed by atoms with E-state index in [1.165, 1.54) is 17.1 Å². The molecule has 0 aromatic heterocycles. The second kappa shape index (κ2) is 8.22. The van der Waals surface area contributed by atoms with Crippen LogP contribution in [0.1, 0.15) is 31.7 Å². The van der Waals surface area contributed by atoms with E-state index in [0.717, 1.165) is 49.3 Å². The summed E-state index contributed by atoms with van der Waals surface area (Å²) in [7, 11) is 1.51.